The van der Waals surface area contributed by atoms with Gasteiger partial charge in [0.05, 0.1) is 40.3 Å². The maximum atomic E-state index is 6.43. The number of allylic oxidation sites excluding steroid dienone is 1. The molecule has 0 N–H and O–H groups in total. The van der Waals surface area contributed by atoms with Crippen LogP contribution in [0.25, 0.3) is 73.1 Å². The number of aromatic nitrogens is 6. The summed E-state index contributed by atoms with van der Waals surface area (Å²) in [5.41, 5.74) is 9.69. The molecule has 3 aromatic carbocycles. The van der Waals surface area contributed by atoms with Crippen molar-refractivity contribution in [3.63, 3.8) is 0 Å². The van der Waals surface area contributed by atoms with Gasteiger partial charge in [0.25, 0.3) is 0 Å². The van der Waals surface area contributed by atoms with Crippen molar-refractivity contribution >= 4 is 38.8 Å². The van der Waals surface area contributed by atoms with Crippen LogP contribution in [-0.2, 0) is 6.42 Å². The molecule has 0 unspecified atom stereocenters. The fraction of sp³-hybridized carbons (Fsp3) is 0.0556. The zero-order valence-corrected chi connectivity index (χ0v) is 23.1. The molecular weight excluding hydrogens is 532 g/mol. The van der Waals surface area contributed by atoms with Gasteiger partial charge in [0.1, 0.15) is 0 Å². The minimum absolute atomic E-state index is 0.490. The quantitative estimate of drug-likeness (QED) is 0.218. The zero-order chi connectivity index (χ0) is 28.3. The lowest BCUT2D eigenvalue weighted by Gasteiger charge is -2.12. The molecule has 43 heavy (non-hydrogen) atoms. The normalized spacial score (nSPS) is 12.8. The minimum atomic E-state index is 0.490. The standard InChI is InChI=1S/C36H24N6O/c1-3-13-30-26(10-1)29-20-23(16-17-32(29)41(30)24-8-6-18-37-21-24)35-39-40-36(43-35)28-12-5-15-33-34(28)27-11-2-4-14-31(27)42(33)25-9-7-19-38-22-25/h1-2,4-12,14-22H,3,13H2. The lowest BCUT2D eigenvalue weighted by atomic mass is 10.0. The Morgan fingerprint density at radius 2 is 1.42 bits per heavy atom. The maximum Gasteiger partial charge on any atom is 0.248 e. The van der Waals surface area contributed by atoms with E-state index in [9.17, 15) is 0 Å². The van der Waals surface area contributed by atoms with Crippen molar-refractivity contribution < 1.29 is 4.42 Å². The number of pyridine rings is 2. The van der Waals surface area contributed by atoms with Crippen molar-refractivity contribution in [1.29, 1.82) is 0 Å². The van der Waals surface area contributed by atoms with E-state index in [4.69, 9.17) is 4.42 Å². The lowest BCUT2D eigenvalue weighted by molar-refractivity contribution is 0.585. The van der Waals surface area contributed by atoms with E-state index in [1.807, 2.05) is 36.8 Å². The SMILES string of the molecule is C1=Cc2c(n(-c3cccnc3)c3ccc(-c4nnc(-c5cccc6c5c5ccccc5n6-c5cccnc5)o4)cc23)CC1. The van der Waals surface area contributed by atoms with E-state index in [-0.39, 0.29) is 0 Å². The third kappa shape index (κ3) is 3.61. The van der Waals surface area contributed by atoms with Crippen molar-refractivity contribution in [2.45, 2.75) is 12.8 Å². The molecule has 7 heteroatoms. The summed E-state index contributed by atoms with van der Waals surface area (Å²) in [5.74, 6) is 0.984. The number of fused-ring (bicyclic) bond motifs is 6. The first kappa shape index (κ1) is 23.8. The van der Waals surface area contributed by atoms with Gasteiger partial charge in [-0.1, -0.05) is 36.4 Å². The molecule has 5 heterocycles. The number of rotatable bonds is 4. The van der Waals surface area contributed by atoms with E-state index in [2.05, 4.69) is 108 Å². The molecule has 0 spiro atoms. The molecule has 0 aliphatic heterocycles. The number of hydrogen-bond acceptors (Lipinski definition) is 5. The topological polar surface area (TPSA) is 74.6 Å². The second kappa shape index (κ2) is 9.36. The van der Waals surface area contributed by atoms with Crippen LogP contribution in [0.3, 0.4) is 0 Å². The molecular formula is C36H24N6O. The van der Waals surface area contributed by atoms with Gasteiger partial charge in [-0.05, 0) is 73.5 Å². The number of para-hydroxylation sites is 1. The van der Waals surface area contributed by atoms with Crippen LogP contribution in [-0.4, -0.2) is 29.3 Å². The van der Waals surface area contributed by atoms with Crippen LogP contribution in [0.2, 0.25) is 0 Å². The highest BCUT2D eigenvalue weighted by Crippen LogP contribution is 2.40. The Morgan fingerprint density at radius 3 is 2.26 bits per heavy atom. The summed E-state index contributed by atoms with van der Waals surface area (Å²) in [6, 6.07) is 29.1. The highest BCUT2D eigenvalue weighted by Gasteiger charge is 2.22. The molecule has 0 saturated heterocycles. The second-order valence-electron chi connectivity index (χ2n) is 10.8. The second-order valence-corrected chi connectivity index (χ2v) is 10.8. The fourth-order valence-corrected chi connectivity index (χ4v) is 6.55. The van der Waals surface area contributed by atoms with Crippen LogP contribution in [0.15, 0.2) is 120 Å². The summed E-state index contributed by atoms with van der Waals surface area (Å²) in [6.07, 6.45) is 13.9. The first-order valence-corrected chi connectivity index (χ1v) is 14.4. The molecule has 1 aliphatic carbocycles. The van der Waals surface area contributed by atoms with Gasteiger partial charge in [0, 0.05) is 50.9 Å². The van der Waals surface area contributed by atoms with Gasteiger partial charge < -0.3 is 13.6 Å². The van der Waals surface area contributed by atoms with Crippen LogP contribution in [0.5, 0.6) is 0 Å². The minimum Gasteiger partial charge on any atom is -0.416 e. The predicted molar refractivity (Wildman–Crippen MR) is 169 cm³/mol. The van der Waals surface area contributed by atoms with Gasteiger partial charge in [-0.2, -0.15) is 0 Å². The van der Waals surface area contributed by atoms with Gasteiger partial charge in [0.2, 0.25) is 11.8 Å². The molecule has 8 aromatic rings. The van der Waals surface area contributed by atoms with Crippen LogP contribution >= 0.6 is 0 Å². The summed E-state index contributed by atoms with van der Waals surface area (Å²) in [6.45, 7) is 0. The van der Waals surface area contributed by atoms with E-state index < -0.39 is 0 Å². The van der Waals surface area contributed by atoms with Crippen LogP contribution in [0.4, 0.5) is 0 Å². The molecule has 204 valence electrons. The lowest BCUT2D eigenvalue weighted by Crippen LogP contribution is -2.03. The highest BCUT2D eigenvalue weighted by molar-refractivity contribution is 6.15. The maximum absolute atomic E-state index is 6.43. The molecule has 1 aliphatic rings. The summed E-state index contributed by atoms with van der Waals surface area (Å²) in [7, 11) is 0. The number of hydrogen-bond donors (Lipinski definition) is 0. The van der Waals surface area contributed by atoms with E-state index >= 15 is 0 Å². The molecule has 0 bridgehead atoms. The van der Waals surface area contributed by atoms with Gasteiger partial charge in [-0.3, -0.25) is 9.97 Å². The van der Waals surface area contributed by atoms with E-state index in [1.165, 1.54) is 11.3 Å². The summed E-state index contributed by atoms with van der Waals surface area (Å²) in [4.78, 5) is 8.74. The Labute approximate surface area is 246 Å². The van der Waals surface area contributed by atoms with Gasteiger partial charge in [0.15, 0.2) is 0 Å². The number of benzene rings is 3. The molecule has 9 rings (SSSR count). The summed E-state index contributed by atoms with van der Waals surface area (Å²) < 4.78 is 11.0. The Morgan fingerprint density at radius 1 is 0.651 bits per heavy atom. The molecule has 0 fully saturated rings. The van der Waals surface area contributed by atoms with Gasteiger partial charge >= 0.3 is 0 Å². The molecule has 0 radical (unpaired) electrons. The summed E-state index contributed by atoms with van der Waals surface area (Å²) in [5, 5.41) is 12.4. The first-order valence-electron chi connectivity index (χ1n) is 14.4. The Bertz CT molecular complexity index is 2340. The Balaban J connectivity index is 1.20. The van der Waals surface area contributed by atoms with Crippen molar-refractivity contribution in [3.05, 3.63) is 127 Å². The predicted octanol–water partition coefficient (Wildman–Crippen LogP) is 8.19. The summed E-state index contributed by atoms with van der Waals surface area (Å²) >= 11 is 0. The smallest absolute Gasteiger partial charge is 0.248 e. The van der Waals surface area contributed by atoms with Crippen LogP contribution in [0, 0.1) is 0 Å². The van der Waals surface area contributed by atoms with Gasteiger partial charge in [-0.25, -0.2) is 0 Å². The zero-order valence-electron chi connectivity index (χ0n) is 23.1. The molecule has 0 saturated carbocycles. The van der Waals surface area contributed by atoms with Gasteiger partial charge in [-0.15, -0.1) is 10.2 Å². The van der Waals surface area contributed by atoms with E-state index in [0.29, 0.717) is 11.8 Å². The highest BCUT2D eigenvalue weighted by atomic mass is 16.4. The molecule has 0 amide bonds. The van der Waals surface area contributed by atoms with Crippen molar-refractivity contribution in [1.82, 2.24) is 29.3 Å². The van der Waals surface area contributed by atoms with E-state index in [0.717, 1.165) is 68.1 Å². The molecule has 5 aromatic heterocycles. The third-order valence-electron chi connectivity index (χ3n) is 8.35. The fourth-order valence-electron chi connectivity index (χ4n) is 6.55. The van der Waals surface area contributed by atoms with E-state index in [1.54, 1.807) is 6.20 Å². The van der Waals surface area contributed by atoms with Crippen LogP contribution < -0.4 is 0 Å². The Hall–Kier alpha value is -5.82. The molecule has 0 atom stereocenters. The molecule has 7 nitrogen and oxygen atoms in total. The Kier molecular flexibility index (Phi) is 5.19. The monoisotopic (exact) mass is 556 g/mol. The van der Waals surface area contributed by atoms with Crippen LogP contribution in [0.1, 0.15) is 17.7 Å². The third-order valence-corrected chi connectivity index (χ3v) is 8.35. The largest absolute Gasteiger partial charge is 0.416 e. The first-order chi connectivity index (χ1) is 21.3. The average Bonchev–Trinajstić information content (AvgIpc) is 3.78. The van der Waals surface area contributed by atoms with Crippen molar-refractivity contribution in [2.24, 2.45) is 0 Å². The van der Waals surface area contributed by atoms with Crippen molar-refractivity contribution in [3.8, 4) is 34.3 Å². The van der Waals surface area contributed by atoms with Crippen molar-refractivity contribution in [2.75, 3.05) is 0 Å². The number of nitrogens with zero attached hydrogens (tertiary/aromatic N) is 6. The average molecular weight is 557 g/mol.